The van der Waals surface area contributed by atoms with E-state index in [2.05, 4.69) is 16.4 Å². The highest BCUT2D eigenvalue weighted by Crippen LogP contribution is 2.33. The highest BCUT2D eigenvalue weighted by molar-refractivity contribution is 8.00. The fourth-order valence-corrected chi connectivity index (χ4v) is 3.72. The van der Waals surface area contributed by atoms with Crippen LogP contribution in [0.25, 0.3) is 0 Å². The summed E-state index contributed by atoms with van der Waals surface area (Å²) >= 11 is 1.29. The van der Waals surface area contributed by atoms with Crippen LogP contribution < -0.4 is 14.8 Å². The summed E-state index contributed by atoms with van der Waals surface area (Å²) in [4.78, 5) is 17.1. The molecule has 3 rings (SSSR count). The lowest BCUT2D eigenvalue weighted by Crippen LogP contribution is -2.23. The number of ether oxygens (including phenoxy) is 2. The van der Waals surface area contributed by atoms with Crippen LogP contribution in [-0.2, 0) is 4.79 Å². The predicted octanol–water partition coefficient (Wildman–Crippen LogP) is 3.77. The Morgan fingerprint density at radius 2 is 1.93 bits per heavy atom. The minimum atomic E-state index is -0.417. The molecule has 0 saturated heterocycles. The Hall–Kier alpha value is -2.72. The lowest BCUT2D eigenvalue weighted by Gasteiger charge is -2.19. The average Bonchev–Trinajstić information content (AvgIpc) is 2.66. The van der Waals surface area contributed by atoms with E-state index in [1.165, 1.54) is 11.8 Å². The van der Waals surface area contributed by atoms with Gasteiger partial charge in [0.1, 0.15) is 24.3 Å². The number of nitrogens with zero attached hydrogens (tertiary/aromatic N) is 2. The summed E-state index contributed by atoms with van der Waals surface area (Å²) in [6.45, 7) is 8.58. The molecule has 0 fully saturated rings. The zero-order valence-electron chi connectivity index (χ0n) is 15.8. The van der Waals surface area contributed by atoms with E-state index in [9.17, 15) is 10.1 Å². The average molecular weight is 383 g/mol. The van der Waals surface area contributed by atoms with Gasteiger partial charge in [-0.25, -0.2) is 4.98 Å². The fourth-order valence-electron chi connectivity index (χ4n) is 2.71. The minimum absolute atomic E-state index is 0.168. The Bertz CT molecular complexity index is 937. The Morgan fingerprint density at radius 3 is 2.63 bits per heavy atom. The molecule has 7 heteroatoms. The smallest absolute Gasteiger partial charge is 0.237 e. The van der Waals surface area contributed by atoms with Crippen molar-refractivity contribution in [3.05, 3.63) is 40.6 Å². The van der Waals surface area contributed by atoms with Gasteiger partial charge >= 0.3 is 0 Å². The molecule has 1 N–H and O–H groups in total. The summed E-state index contributed by atoms with van der Waals surface area (Å²) < 4.78 is 11.0. The summed E-state index contributed by atoms with van der Waals surface area (Å²) in [7, 11) is 0. The first kappa shape index (κ1) is 19.1. The first-order valence-electron chi connectivity index (χ1n) is 8.65. The summed E-state index contributed by atoms with van der Waals surface area (Å²) in [6.07, 6.45) is 0. The molecule has 140 valence electrons. The van der Waals surface area contributed by atoms with E-state index >= 15 is 0 Å². The number of rotatable bonds is 4. The fraction of sp³-hybridized carbons (Fsp3) is 0.350. The number of anilines is 1. The number of benzene rings is 1. The van der Waals surface area contributed by atoms with Crippen LogP contribution in [0.15, 0.2) is 23.2 Å². The third-order valence-corrected chi connectivity index (χ3v) is 5.63. The number of thioether (sulfide) groups is 1. The number of nitriles is 1. The molecule has 0 saturated carbocycles. The van der Waals surface area contributed by atoms with Crippen LogP contribution in [0.5, 0.6) is 11.5 Å². The van der Waals surface area contributed by atoms with Crippen LogP contribution in [0.3, 0.4) is 0 Å². The monoisotopic (exact) mass is 383 g/mol. The predicted molar refractivity (Wildman–Crippen MR) is 105 cm³/mol. The Morgan fingerprint density at radius 1 is 1.22 bits per heavy atom. The summed E-state index contributed by atoms with van der Waals surface area (Å²) in [5.41, 5.74) is 3.95. The van der Waals surface area contributed by atoms with Gasteiger partial charge in [0.05, 0.1) is 10.8 Å². The molecule has 1 aromatic carbocycles. The highest BCUT2D eigenvalue weighted by atomic mass is 32.2. The van der Waals surface area contributed by atoms with Crippen molar-refractivity contribution in [1.29, 1.82) is 5.26 Å². The topological polar surface area (TPSA) is 84.2 Å². The third kappa shape index (κ3) is 4.01. The second kappa shape index (κ2) is 7.89. The Kier molecular flexibility index (Phi) is 5.57. The number of pyridine rings is 1. The molecule has 1 aliphatic heterocycles. The van der Waals surface area contributed by atoms with E-state index in [-0.39, 0.29) is 5.91 Å². The van der Waals surface area contributed by atoms with Gasteiger partial charge in [-0.15, -0.1) is 0 Å². The van der Waals surface area contributed by atoms with Crippen LogP contribution in [0.2, 0.25) is 0 Å². The van der Waals surface area contributed by atoms with E-state index in [1.54, 1.807) is 25.1 Å². The standard InChI is InChI=1S/C20H21N3O3S/c1-11-12(2)16(10-21)20(22-13(11)3)27-14(4)19(24)23-15-5-6-17-18(9-15)26-8-7-25-17/h5-6,9,14H,7-8H2,1-4H3,(H,23,24)/t14-/m1/s1. The molecule has 2 heterocycles. The van der Waals surface area contributed by atoms with Gasteiger partial charge in [-0.1, -0.05) is 11.8 Å². The SMILES string of the molecule is Cc1nc(S[C@H](C)C(=O)Nc2ccc3c(c2)OCCO3)c(C#N)c(C)c1C. The van der Waals surface area contributed by atoms with E-state index in [0.717, 1.165) is 16.8 Å². The van der Waals surface area contributed by atoms with Crippen molar-refractivity contribution in [3.8, 4) is 17.6 Å². The summed E-state index contributed by atoms with van der Waals surface area (Å²) in [5, 5.41) is 12.5. The molecule has 2 aromatic rings. The van der Waals surface area contributed by atoms with Gasteiger partial charge in [-0.2, -0.15) is 5.26 Å². The van der Waals surface area contributed by atoms with E-state index in [4.69, 9.17) is 9.47 Å². The normalized spacial score (nSPS) is 13.6. The van der Waals surface area contributed by atoms with E-state index < -0.39 is 5.25 Å². The number of hydrogen-bond acceptors (Lipinski definition) is 6. The lowest BCUT2D eigenvalue weighted by molar-refractivity contribution is -0.115. The van der Waals surface area contributed by atoms with Gasteiger partial charge in [-0.05, 0) is 51.0 Å². The molecule has 0 unspecified atom stereocenters. The number of amides is 1. The second-order valence-electron chi connectivity index (χ2n) is 6.35. The van der Waals surface area contributed by atoms with E-state index in [1.807, 2.05) is 20.8 Å². The maximum absolute atomic E-state index is 12.6. The molecule has 6 nitrogen and oxygen atoms in total. The molecule has 1 aliphatic rings. The van der Waals surface area contributed by atoms with Crippen molar-refractivity contribution in [2.75, 3.05) is 18.5 Å². The zero-order chi connectivity index (χ0) is 19.6. The van der Waals surface area contributed by atoms with Crippen LogP contribution in [0, 0.1) is 32.1 Å². The van der Waals surface area contributed by atoms with E-state index in [0.29, 0.717) is 41.0 Å². The van der Waals surface area contributed by atoms with Gasteiger partial charge < -0.3 is 14.8 Å². The van der Waals surface area contributed by atoms with Gasteiger partial charge in [0, 0.05) is 17.4 Å². The lowest BCUT2D eigenvalue weighted by atomic mass is 10.1. The van der Waals surface area contributed by atoms with Crippen molar-refractivity contribution < 1.29 is 14.3 Å². The van der Waals surface area contributed by atoms with Crippen molar-refractivity contribution in [2.24, 2.45) is 0 Å². The minimum Gasteiger partial charge on any atom is -0.486 e. The number of aryl methyl sites for hydroxylation is 1. The molecule has 0 radical (unpaired) electrons. The molecule has 1 aromatic heterocycles. The van der Waals surface area contributed by atoms with Gasteiger partial charge in [0.2, 0.25) is 5.91 Å². The number of nitrogens with one attached hydrogen (secondary N) is 1. The maximum Gasteiger partial charge on any atom is 0.237 e. The first-order chi connectivity index (χ1) is 12.9. The first-order valence-corrected chi connectivity index (χ1v) is 9.53. The Labute approximate surface area is 162 Å². The molecule has 1 atom stereocenters. The Balaban J connectivity index is 1.74. The van der Waals surface area contributed by atoms with Crippen molar-refractivity contribution in [2.45, 2.75) is 38.0 Å². The van der Waals surface area contributed by atoms with Crippen LogP contribution >= 0.6 is 11.8 Å². The summed E-state index contributed by atoms with van der Waals surface area (Å²) in [5.74, 6) is 1.13. The van der Waals surface area contributed by atoms with Crippen LogP contribution in [0.1, 0.15) is 29.3 Å². The van der Waals surface area contributed by atoms with Crippen molar-refractivity contribution in [3.63, 3.8) is 0 Å². The number of hydrogen-bond donors (Lipinski definition) is 1. The van der Waals surface area contributed by atoms with Crippen LogP contribution in [-0.4, -0.2) is 29.4 Å². The molecule has 0 spiro atoms. The maximum atomic E-state index is 12.6. The quantitative estimate of drug-likeness (QED) is 0.809. The van der Waals surface area contributed by atoms with Crippen LogP contribution in [0.4, 0.5) is 5.69 Å². The molecule has 0 bridgehead atoms. The molecule has 0 aliphatic carbocycles. The number of fused-ring (bicyclic) bond motifs is 1. The zero-order valence-corrected chi connectivity index (χ0v) is 16.6. The summed E-state index contributed by atoms with van der Waals surface area (Å²) in [6, 6.07) is 7.53. The van der Waals surface area contributed by atoms with Crippen molar-refractivity contribution in [1.82, 2.24) is 4.98 Å². The third-order valence-electron chi connectivity index (χ3n) is 4.54. The number of carbonyl (C=O) groups excluding carboxylic acids is 1. The molecule has 27 heavy (non-hydrogen) atoms. The number of carbonyl (C=O) groups is 1. The largest absolute Gasteiger partial charge is 0.486 e. The van der Waals surface area contributed by atoms with Gasteiger partial charge in [0.25, 0.3) is 0 Å². The number of aromatic nitrogens is 1. The van der Waals surface area contributed by atoms with Gasteiger partial charge in [-0.3, -0.25) is 4.79 Å². The second-order valence-corrected chi connectivity index (χ2v) is 7.68. The molecular formula is C20H21N3O3S. The van der Waals surface area contributed by atoms with Gasteiger partial charge in [0.15, 0.2) is 11.5 Å². The highest BCUT2D eigenvalue weighted by Gasteiger charge is 2.21. The van der Waals surface area contributed by atoms with Crippen molar-refractivity contribution >= 4 is 23.4 Å². The molecular weight excluding hydrogens is 362 g/mol. The molecule has 1 amide bonds.